The summed E-state index contributed by atoms with van der Waals surface area (Å²) in [4.78, 5) is 18.9. The Kier molecular flexibility index (Phi) is 4.33. The van der Waals surface area contributed by atoms with Crippen molar-refractivity contribution in [3.05, 3.63) is 72.0 Å². The fraction of sp³-hybridized carbons (Fsp3) is 0.182. The first kappa shape index (κ1) is 18.7. The highest BCUT2D eigenvalue weighted by atomic mass is 15.3. The van der Waals surface area contributed by atoms with Crippen LogP contribution >= 0.6 is 0 Å². The van der Waals surface area contributed by atoms with E-state index in [1.165, 1.54) is 6.20 Å². The SMILES string of the molecule is [C-]#[N+]c1ccc(N2C[C@@H](C)c3nnc(C)n3-c3cnc(-c4cnc(N)cn4)cc32)cc1. The second-order valence-corrected chi connectivity index (χ2v) is 7.47. The summed E-state index contributed by atoms with van der Waals surface area (Å²) in [5.74, 6) is 2.17. The minimum atomic E-state index is 0.119. The van der Waals surface area contributed by atoms with Crippen molar-refractivity contribution < 1.29 is 0 Å². The van der Waals surface area contributed by atoms with Gasteiger partial charge >= 0.3 is 0 Å². The van der Waals surface area contributed by atoms with Crippen molar-refractivity contribution in [1.29, 1.82) is 0 Å². The minimum Gasteiger partial charge on any atom is -0.382 e. The molecule has 9 heteroatoms. The molecule has 4 aromatic rings. The number of fused-ring (bicyclic) bond motifs is 3. The Balaban J connectivity index is 1.72. The molecule has 152 valence electrons. The summed E-state index contributed by atoms with van der Waals surface area (Å²) in [7, 11) is 0. The number of nitrogen functional groups attached to an aromatic ring is 1. The molecule has 0 amide bonds. The third kappa shape index (κ3) is 3.14. The fourth-order valence-corrected chi connectivity index (χ4v) is 3.84. The summed E-state index contributed by atoms with van der Waals surface area (Å²) in [6.45, 7) is 12.0. The van der Waals surface area contributed by atoms with Gasteiger partial charge in [0.2, 0.25) is 0 Å². The quantitative estimate of drug-likeness (QED) is 0.502. The van der Waals surface area contributed by atoms with Crippen LogP contribution < -0.4 is 10.6 Å². The van der Waals surface area contributed by atoms with Crippen LogP contribution in [0.5, 0.6) is 0 Å². The monoisotopic (exact) mass is 409 g/mol. The number of nitrogens with two attached hydrogens (primary N) is 1. The molecule has 0 saturated heterocycles. The van der Waals surface area contributed by atoms with Gasteiger partial charge in [-0.3, -0.25) is 9.55 Å². The lowest BCUT2D eigenvalue weighted by atomic mass is 10.1. The highest BCUT2D eigenvalue weighted by Gasteiger charge is 2.29. The summed E-state index contributed by atoms with van der Waals surface area (Å²) < 4.78 is 2.05. The second kappa shape index (κ2) is 7.18. The average molecular weight is 409 g/mol. The van der Waals surface area contributed by atoms with E-state index < -0.39 is 0 Å². The molecule has 4 heterocycles. The van der Waals surface area contributed by atoms with Crippen LogP contribution in [0.4, 0.5) is 22.9 Å². The van der Waals surface area contributed by atoms with Crippen LogP contribution in [0.2, 0.25) is 0 Å². The van der Waals surface area contributed by atoms with Crippen LogP contribution in [0.25, 0.3) is 21.9 Å². The summed E-state index contributed by atoms with van der Waals surface area (Å²) >= 11 is 0. The Hall–Kier alpha value is -4.32. The Labute approximate surface area is 179 Å². The number of benzene rings is 1. The Morgan fingerprint density at radius 3 is 2.48 bits per heavy atom. The molecular weight excluding hydrogens is 390 g/mol. The zero-order chi connectivity index (χ0) is 21.5. The zero-order valence-electron chi connectivity index (χ0n) is 17.1. The maximum absolute atomic E-state index is 7.23. The summed E-state index contributed by atoms with van der Waals surface area (Å²) in [5, 5.41) is 8.72. The Morgan fingerprint density at radius 2 is 1.77 bits per heavy atom. The molecule has 0 saturated carbocycles. The number of hydrogen-bond donors (Lipinski definition) is 1. The van der Waals surface area contributed by atoms with Gasteiger partial charge in [-0.05, 0) is 25.1 Å². The van der Waals surface area contributed by atoms with Crippen molar-refractivity contribution in [2.24, 2.45) is 0 Å². The molecular formula is C22H19N9. The van der Waals surface area contributed by atoms with E-state index in [1.807, 2.05) is 43.5 Å². The van der Waals surface area contributed by atoms with Gasteiger partial charge in [0.25, 0.3) is 0 Å². The van der Waals surface area contributed by atoms with E-state index in [0.717, 1.165) is 28.7 Å². The number of aromatic nitrogens is 6. The van der Waals surface area contributed by atoms with Gasteiger partial charge in [0.05, 0.1) is 42.2 Å². The third-order valence-corrected chi connectivity index (χ3v) is 5.37. The lowest BCUT2D eigenvalue weighted by Crippen LogP contribution is -2.22. The predicted molar refractivity (Wildman–Crippen MR) is 117 cm³/mol. The first-order valence-corrected chi connectivity index (χ1v) is 9.80. The number of aryl methyl sites for hydroxylation is 1. The molecule has 1 aliphatic rings. The van der Waals surface area contributed by atoms with Gasteiger partial charge in [-0.15, -0.1) is 10.2 Å². The Morgan fingerprint density at radius 1 is 1.00 bits per heavy atom. The van der Waals surface area contributed by atoms with Crippen molar-refractivity contribution in [3.8, 4) is 17.1 Å². The number of hydrogen-bond acceptors (Lipinski definition) is 7. The smallest absolute Gasteiger partial charge is 0.187 e. The van der Waals surface area contributed by atoms with E-state index >= 15 is 0 Å². The number of anilines is 3. The molecule has 3 aromatic heterocycles. The first-order valence-electron chi connectivity index (χ1n) is 9.80. The molecule has 5 rings (SSSR count). The van der Waals surface area contributed by atoms with Crippen LogP contribution in [0, 0.1) is 13.5 Å². The van der Waals surface area contributed by atoms with Gasteiger partial charge in [-0.1, -0.05) is 19.1 Å². The number of pyridine rings is 1. The molecule has 9 nitrogen and oxygen atoms in total. The first-order chi connectivity index (χ1) is 15.0. The predicted octanol–water partition coefficient (Wildman–Crippen LogP) is 3.82. The molecule has 0 radical (unpaired) electrons. The van der Waals surface area contributed by atoms with Crippen LogP contribution in [-0.4, -0.2) is 36.3 Å². The fourth-order valence-electron chi connectivity index (χ4n) is 3.84. The lowest BCUT2D eigenvalue weighted by molar-refractivity contribution is 0.695. The third-order valence-electron chi connectivity index (χ3n) is 5.37. The van der Waals surface area contributed by atoms with Gasteiger partial charge in [-0.2, -0.15) is 0 Å². The van der Waals surface area contributed by atoms with E-state index in [-0.39, 0.29) is 5.92 Å². The van der Waals surface area contributed by atoms with Crippen molar-refractivity contribution in [2.75, 3.05) is 17.2 Å². The van der Waals surface area contributed by atoms with Crippen LogP contribution in [0.3, 0.4) is 0 Å². The van der Waals surface area contributed by atoms with E-state index in [1.54, 1.807) is 6.20 Å². The largest absolute Gasteiger partial charge is 0.382 e. The van der Waals surface area contributed by atoms with Crippen LogP contribution in [0.15, 0.2) is 48.9 Å². The number of nitrogens with zero attached hydrogens (tertiary/aromatic N) is 8. The molecule has 0 unspecified atom stereocenters. The summed E-state index contributed by atoms with van der Waals surface area (Å²) in [6.07, 6.45) is 4.96. The number of rotatable bonds is 2. The normalized spacial score (nSPS) is 15.0. The molecule has 0 fully saturated rings. The van der Waals surface area contributed by atoms with Crippen molar-refractivity contribution in [3.63, 3.8) is 0 Å². The second-order valence-electron chi connectivity index (χ2n) is 7.47. The zero-order valence-corrected chi connectivity index (χ0v) is 17.1. The standard InChI is InChI=1S/C22H19N9/c1-13-12-30(16-6-4-15(24-3)5-7-16)19-8-17(18-9-27-21(23)11-26-18)25-10-20(19)31-14(2)28-29-22(13)31/h4-11,13H,12H2,1-2H3,(H2,23,27)/t13-/m1/s1. The molecule has 1 aromatic carbocycles. The van der Waals surface area contributed by atoms with E-state index in [9.17, 15) is 0 Å². The highest BCUT2D eigenvalue weighted by Crippen LogP contribution is 2.39. The maximum Gasteiger partial charge on any atom is 0.187 e. The molecule has 0 spiro atoms. The van der Waals surface area contributed by atoms with Crippen molar-refractivity contribution in [1.82, 2.24) is 29.7 Å². The Bertz CT molecular complexity index is 1300. The van der Waals surface area contributed by atoms with E-state index in [0.29, 0.717) is 29.4 Å². The summed E-state index contributed by atoms with van der Waals surface area (Å²) in [6, 6.07) is 9.59. The molecule has 0 bridgehead atoms. The molecule has 2 N–H and O–H groups in total. The average Bonchev–Trinajstić information content (AvgIpc) is 3.13. The van der Waals surface area contributed by atoms with Gasteiger partial charge in [0.1, 0.15) is 23.2 Å². The molecule has 1 atom stereocenters. The molecule has 31 heavy (non-hydrogen) atoms. The van der Waals surface area contributed by atoms with Gasteiger partial charge in [-0.25, -0.2) is 14.8 Å². The topological polar surface area (TPSA) is 103 Å². The van der Waals surface area contributed by atoms with Crippen molar-refractivity contribution in [2.45, 2.75) is 19.8 Å². The van der Waals surface area contributed by atoms with E-state index in [2.05, 4.69) is 46.4 Å². The highest BCUT2D eigenvalue weighted by molar-refractivity contribution is 5.77. The minimum absolute atomic E-state index is 0.119. The van der Waals surface area contributed by atoms with Crippen LogP contribution in [0.1, 0.15) is 24.5 Å². The lowest BCUT2D eigenvalue weighted by Gasteiger charge is -2.27. The molecule has 1 aliphatic heterocycles. The van der Waals surface area contributed by atoms with Gasteiger partial charge < -0.3 is 10.6 Å². The van der Waals surface area contributed by atoms with Crippen molar-refractivity contribution >= 4 is 22.9 Å². The van der Waals surface area contributed by atoms with Gasteiger partial charge in [0.15, 0.2) is 5.69 Å². The summed E-state index contributed by atoms with van der Waals surface area (Å²) in [5.41, 5.74) is 10.4. The van der Waals surface area contributed by atoms with Crippen LogP contribution in [-0.2, 0) is 0 Å². The van der Waals surface area contributed by atoms with E-state index in [4.69, 9.17) is 12.3 Å². The maximum atomic E-state index is 7.23. The van der Waals surface area contributed by atoms with Gasteiger partial charge in [0, 0.05) is 18.2 Å². The molecule has 0 aliphatic carbocycles.